The molecule has 0 radical (unpaired) electrons. The van der Waals surface area contributed by atoms with Crippen molar-refractivity contribution in [2.24, 2.45) is 0 Å². The predicted octanol–water partition coefficient (Wildman–Crippen LogP) is 5.49. The number of halogens is 1. The van der Waals surface area contributed by atoms with Gasteiger partial charge in [-0.1, -0.05) is 29.8 Å². The fraction of sp³-hybridized carbons (Fsp3) is 0.136. The van der Waals surface area contributed by atoms with Gasteiger partial charge >= 0.3 is 0 Å². The lowest BCUT2D eigenvalue weighted by Gasteiger charge is -2.13. The Morgan fingerprint density at radius 1 is 1.04 bits per heavy atom. The van der Waals surface area contributed by atoms with Crippen molar-refractivity contribution in [3.05, 3.63) is 88.4 Å². The number of anilines is 1. The summed E-state index contributed by atoms with van der Waals surface area (Å²) in [7, 11) is 1.60. The van der Waals surface area contributed by atoms with E-state index in [1.165, 1.54) is 0 Å². The molecule has 3 rings (SSSR count). The zero-order chi connectivity index (χ0) is 19.2. The number of hydrogen-bond donors (Lipinski definition) is 1. The lowest BCUT2D eigenvalue weighted by Crippen LogP contribution is -2.13. The molecule has 0 heterocycles. The maximum absolute atomic E-state index is 12.7. The van der Waals surface area contributed by atoms with Crippen LogP contribution in [-0.4, -0.2) is 13.0 Å². The molecule has 3 aromatic rings. The van der Waals surface area contributed by atoms with Gasteiger partial charge in [0.25, 0.3) is 5.91 Å². The van der Waals surface area contributed by atoms with E-state index < -0.39 is 0 Å². The molecule has 5 heteroatoms. The van der Waals surface area contributed by atoms with Crippen molar-refractivity contribution >= 4 is 23.2 Å². The van der Waals surface area contributed by atoms with Gasteiger partial charge in [-0.05, 0) is 61.0 Å². The summed E-state index contributed by atoms with van der Waals surface area (Å²) in [4.78, 5) is 12.7. The molecule has 0 aliphatic heterocycles. The average molecular weight is 382 g/mol. The molecule has 0 aliphatic rings. The van der Waals surface area contributed by atoms with E-state index in [9.17, 15) is 4.79 Å². The summed E-state index contributed by atoms with van der Waals surface area (Å²) >= 11 is 5.97. The highest BCUT2D eigenvalue weighted by Crippen LogP contribution is 2.24. The second-order valence-electron chi connectivity index (χ2n) is 6.04. The van der Waals surface area contributed by atoms with Crippen LogP contribution in [0.15, 0.2) is 66.7 Å². The van der Waals surface area contributed by atoms with E-state index in [1.807, 2.05) is 43.3 Å². The monoisotopic (exact) mass is 381 g/mol. The lowest BCUT2D eigenvalue weighted by molar-refractivity contribution is 0.102. The van der Waals surface area contributed by atoms with Crippen molar-refractivity contribution in [3.63, 3.8) is 0 Å². The third-order valence-corrected chi connectivity index (χ3v) is 4.35. The zero-order valence-electron chi connectivity index (χ0n) is 15.2. The molecule has 1 amide bonds. The van der Waals surface area contributed by atoms with Gasteiger partial charge < -0.3 is 14.8 Å². The molecule has 0 fully saturated rings. The van der Waals surface area contributed by atoms with Crippen LogP contribution in [0.5, 0.6) is 11.5 Å². The van der Waals surface area contributed by atoms with Crippen molar-refractivity contribution in [2.75, 3.05) is 12.4 Å². The Morgan fingerprint density at radius 2 is 1.81 bits per heavy atom. The van der Waals surface area contributed by atoms with Gasteiger partial charge in [0, 0.05) is 21.8 Å². The number of methoxy groups -OCH3 is 1. The molecule has 0 aliphatic carbocycles. The highest BCUT2D eigenvalue weighted by atomic mass is 35.5. The van der Waals surface area contributed by atoms with Gasteiger partial charge in [0.05, 0.1) is 7.11 Å². The quantitative estimate of drug-likeness (QED) is 0.614. The smallest absolute Gasteiger partial charge is 0.255 e. The average Bonchev–Trinajstić information content (AvgIpc) is 2.69. The minimum absolute atomic E-state index is 0.205. The molecule has 0 atom stereocenters. The topological polar surface area (TPSA) is 47.6 Å². The summed E-state index contributed by atoms with van der Waals surface area (Å²) in [6.45, 7) is 2.20. The minimum Gasteiger partial charge on any atom is -0.496 e. The summed E-state index contributed by atoms with van der Waals surface area (Å²) in [5.41, 5.74) is 2.94. The van der Waals surface area contributed by atoms with Gasteiger partial charge in [-0.15, -0.1) is 0 Å². The highest BCUT2D eigenvalue weighted by Gasteiger charge is 2.12. The first-order valence-corrected chi connectivity index (χ1v) is 8.87. The first-order chi connectivity index (χ1) is 13.1. The number of carbonyl (C=O) groups excluding carboxylic acids is 1. The fourth-order valence-electron chi connectivity index (χ4n) is 2.67. The largest absolute Gasteiger partial charge is 0.496 e. The number of carbonyl (C=O) groups is 1. The molecule has 3 aromatic carbocycles. The van der Waals surface area contributed by atoms with E-state index >= 15 is 0 Å². The Kier molecular flexibility index (Phi) is 5.99. The molecular formula is C22H20ClNO3. The molecule has 0 saturated heterocycles. The number of hydrogen-bond acceptors (Lipinski definition) is 3. The summed E-state index contributed by atoms with van der Waals surface area (Å²) in [6.07, 6.45) is 0. The van der Waals surface area contributed by atoms with E-state index in [-0.39, 0.29) is 5.91 Å². The molecule has 138 valence electrons. The number of rotatable bonds is 6. The molecular weight excluding hydrogens is 362 g/mol. The van der Waals surface area contributed by atoms with Crippen LogP contribution >= 0.6 is 11.6 Å². The van der Waals surface area contributed by atoms with E-state index in [0.29, 0.717) is 22.9 Å². The molecule has 0 unspecified atom stereocenters. The number of aryl methyl sites for hydroxylation is 1. The molecule has 0 spiro atoms. The third kappa shape index (κ3) is 4.80. The lowest BCUT2D eigenvalue weighted by atomic mass is 10.1. The summed E-state index contributed by atoms with van der Waals surface area (Å²) in [6, 6.07) is 20.1. The van der Waals surface area contributed by atoms with Gasteiger partial charge in [0.1, 0.15) is 18.1 Å². The van der Waals surface area contributed by atoms with Crippen molar-refractivity contribution < 1.29 is 14.3 Å². The molecule has 0 bridgehead atoms. The van der Waals surface area contributed by atoms with Crippen LogP contribution in [0.3, 0.4) is 0 Å². The van der Waals surface area contributed by atoms with Crippen molar-refractivity contribution in [1.29, 1.82) is 0 Å². The summed E-state index contributed by atoms with van der Waals surface area (Å²) in [5.74, 6) is 1.22. The number of benzene rings is 3. The third-order valence-electron chi connectivity index (χ3n) is 4.12. The van der Waals surface area contributed by atoms with Gasteiger partial charge in [-0.25, -0.2) is 0 Å². The summed E-state index contributed by atoms with van der Waals surface area (Å²) in [5, 5.41) is 3.55. The Labute approximate surface area is 163 Å². The first kappa shape index (κ1) is 18.8. The van der Waals surface area contributed by atoms with Crippen LogP contribution in [0.1, 0.15) is 21.5 Å². The molecule has 1 N–H and O–H groups in total. The Bertz CT molecular complexity index is 942. The maximum Gasteiger partial charge on any atom is 0.255 e. The molecule has 27 heavy (non-hydrogen) atoms. The highest BCUT2D eigenvalue weighted by molar-refractivity contribution is 6.30. The van der Waals surface area contributed by atoms with Crippen LogP contribution in [0.4, 0.5) is 5.69 Å². The standard InChI is InChI=1S/C22H20ClNO3/c1-15-12-18(23)9-10-20(15)24-22(25)16-8-11-21(26-2)17(13-16)14-27-19-6-4-3-5-7-19/h3-13H,14H2,1-2H3,(H,24,25). The number of nitrogens with one attached hydrogen (secondary N) is 1. The maximum atomic E-state index is 12.7. The number of amides is 1. The second-order valence-corrected chi connectivity index (χ2v) is 6.48. The second kappa shape index (κ2) is 8.60. The summed E-state index contributed by atoms with van der Waals surface area (Å²) < 4.78 is 11.2. The first-order valence-electron chi connectivity index (χ1n) is 8.49. The van der Waals surface area contributed by atoms with E-state index in [2.05, 4.69) is 5.32 Å². The molecule has 0 saturated carbocycles. The molecule has 0 aromatic heterocycles. The van der Waals surface area contributed by atoms with E-state index in [1.54, 1.807) is 37.4 Å². The Balaban J connectivity index is 1.78. The van der Waals surface area contributed by atoms with Gasteiger partial charge in [0.2, 0.25) is 0 Å². The van der Waals surface area contributed by atoms with Crippen LogP contribution in [-0.2, 0) is 6.61 Å². The van der Waals surface area contributed by atoms with Crippen LogP contribution in [0.2, 0.25) is 5.02 Å². The minimum atomic E-state index is -0.205. The van der Waals surface area contributed by atoms with Gasteiger partial charge in [-0.2, -0.15) is 0 Å². The van der Waals surface area contributed by atoms with Crippen molar-refractivity contribution in [1.82, 2.24) is 0 Å². The van der Waals surface area contributed by atoms with Gasteiger partial charge in [0.15, 0.2) is 0 Å². The van der Waals surface area contributed by atoms with Crippen LogP contribution < -0.4 is 14.8 Å². The molecule has 4 nitrogen and oxygen atoms in total. The number of ether oxygens (including phenoxy) is 2. The van der Waals surface area contributed by atoms with Gasteiger partial charge in [-0.3, -0.25) is 4.79 Å². The predicted molar refractivity (Wildman–Crippen MR) is 108 cm³/mol. The Hall–Kier alpha value is -2.98. The van der Waals surface area contributed by atoms with Crippen LogP contribution in [0.25, 0.3) is 0 Å². The van der Waals surface area contributed by atoms with E-state index in [4.69, 9.17) is 21.1 Å². The SMILES string of the molecule is COc1ccc(C(=O)Nc2ccc(Cl)cc2C)cc1COc1ccccc1. The van der Waals surface area contributed by atoms with Crippen molar-refractivity contribution in [3.8, 4) is 11.5 Å². The van der Waals surface area contributed by atoms with Crippen molar-refractivity contribution in [2.45, 2.75) is 13.5 Å². The van der Waals surface area contributed by atoms with Crippen LogP contribution in [0, 0.1) is 6.92 Å². The van der Waals surface area contributed by atoms with E-state index in [0.717, 1.165) is 22.6 Å². The number of para-hydroxylation sites is 1. The Morgan fingerprint density at radius 3 is 2.52 bits per heavy atom. The fourth-order valence-corrected chi connectivity index (χ4v) is 2.90. The zero-order valence-corrected chi connectivity index (χ0v) is 15.9. The normalized spacial score (nSPS) is 10.3.